The molecule has 1 aromatic rings. The number of methoxy groups -OCH3 is 1. The van der Waals surface area contributed by atoms with Crippen molar-refractivity contribution in [2.45, 2.75) is 6.04 Å². The van der Waals surface area contributed by atoms with E-state index in [1.807, 2.05) is 0 Å². The molecule has 0 bridgehead atoms. The summed E-state index contributed by atoms with van der Waals surface area (Å²) in [6, 6.07) is 2.64. The SMILES string of the molecule is COC(=O)c1ccc([C@H](N)CO)nc1. The van der Waals surface area contributed by atoms with Crippen LogP contribution in [0.4, 0.5) is 0 Å². The van der Waals surface area contributed by atoms with Crippen molar-refractivity contribution in [1.82, 2.24) is 4.98 Å². The number of hydrogen-bond donors (Lipinski definition) is 2. The van der Waals surface area contributed by atoms with Crippen LogP contribution in [-0.2, 0) is 4.74 Å². The fraction of sp³-hybridized carbons (Fsp3) is 0.333. The first kappa shape index (κ1) is 10.6. The predicted octanol–water partition coefficient (Wildman–Crippen LogP) is -0.140. The standard InChI is InChI=1S/C9H12N2O3/c1-14-9(13)6-2-3-8(11-4-6)7(10)5-12/h2-4,7,12H,5,10H2,1H3/t7-/m1/s1. The molecule has 0 saturated heterocycles. The van der Waals surface area contributed by atoms with Gasteiger partial charge in [-0.3, -0.25) is 4.98 Å². The number of pyridine rings is 1. The highest BCUT2D eigenvalue weighted by Crippen LogP contribution is 2.07. The van der Waals surface area contributed by atoms with Gasteiger partial charge in [0.2, 0.25) is 0 Å². The summed E-state index contributed by atoms with van der Waals surface area (Å²) in [6.45, 7) is -0.176. The van der Waals surface area contributed by atoms with Gasteiger partial charge < -0.3 is 15.6 Å². The van der Waals surface area contributed by atoms with Crippen LogP contribution in [0.2, 0.25) is 0 Å². The third-order valence-corrected chi connectivity index (χ3v) is 1.78. The summed E-state index contributed by atoms with van der Waals surface area (Å²) in [5.74, 6) is -0.443. The first-order valence-electron chi connectivity index (χ1n) is 4.09. The minimum atomic E-state index is -0.512. The van der Waals surface area contributed by atoms with E-state index in [4.69, 9.17) is 10.8 Å². The second kappa shape index (κ2) is 4.69. The van der Waals surface area contributed by atoms with Crippen molar-refractivity contribution < 1.29 is 14.6 Å². The maximum atomic E-state index is 11.0. The lowest BCUT2D eigenvalue weighted by Gasteiger charge is -2.07. The van der Waals surface area contributed by atoms with Crippen LogP contribution in [-0.4, -0.2) is 29.8 Å². The molecule has 1 aromatic heterocycles. The van der Waals surface area contributed by atoms with Crippen molar-refractivity contribution in [1.29, 1.82) is 0 Å². The van der Waals surface area contributed by atoms with Gasteiger partial charge in [0.25, 0.3) is 0 Å². The van der Waals surface area contributed by atoms with Gasteiger partial charge in [-0.25, -0.2) is 4.79 Å². The van der Waals surface area contributed by atoms with Gasteiger partial charge in [-0.15, -0.1) is 0 Å². The summed E-state index contributed by atoms with van der Waals surface area (Å²) in [4.78, 5) is 15.0. The van der Waals surface area contributed by atoms with Gasteiger partial charge in [-0.2, -0.15) is 0 Å². The molecular formula is C9H12N2O3. The molecule has 0 aliphatic rings. The van der Waals surface area contributed by atoms with Gasteiger partial charge in [-0.1, -0.05) is 0 Å². The average molecular weight is 196 g/mol. The number of rotatable bonds is 3. The van der Waals surface area contributed by atoms with E-state index in [-0.39, 0.29) is 6.61 Å². The number of aromatic nitrogens is 1. The molecule has 0 saturated carbocycles. The number of aliphatic hydroxyl groups is 1. The van der Waals surface area contributed by atoms with Crippen molar-refractivity contribution in [3.8, 4) is 0 Å². The number of nitrogens with zero attached hydrogens (tertiary/aromatic N) is 1. The largest absolute Gasteiger partial charge is 0.465 e. The zero-order valence-electron chi connectivity index (χ0n) is 7.80. The minimum absolute atomic E-state index is 0.176. The molecule has 76 valence electrons. The van der Waals surface area contributed by atoms with Crippen molar-refractivity contribution >= 4 is 5.97 Å². The fourth-order valence-corrected chi connectivity index (χ4v) is 0.957. The van der Waals surface area contributed by atoms with E-state index >= 15 is 0 Å². The Labute approximate surface area is 81.5 Å². The lowest BCUT2D eigenvalue weighted by Crippen LogP contribution is -2.16. The third-order valence-electron chi connectivity index (χ3n) is 1.78. The van der Waals surface area contributed by atoms with Gasteiger partial charge in [-0.05, 0) is 12.1 Å². The molecule has 1 atom stereocenters. The minimum Gasteiger partial charge on any atom is -0.465 e. The first-order valence-corrected chi connectivity index (χ1v) is 4.09. The lowest BCUT2D eigenvalue weighted by atomic mass is 10.2. The third kappa shape index (κ3) is 2.27. The van der Waals surface area contributed by atoms with Crippen LogP contribution >= 0.6 is 0 Å². The number of carbonyl (C=O) groups is 1. The number of esters is 1. The number of nitrogens with two attached hydrogens (primary N) is 1. The summed E-state index contributed by atoms with van der Waals surface area (Å²) >= 11 is 0. The summed E-state index contributed by atoms with van der Waals surface area (Å²) in [5, 5.41) is 8.76. The zero-order chi connectivity index (χ0) is 10.6. The molecule has 1 heterocycles. The quantitative estimate of drug-likeness (QED) is 0.657. The van der Waals surface area contributed by atoms with Gasteiger partial charge in [0.1, 0.15) is 0 Å². The average Bonchev–Trinajstić information content (AvgIpc) is 2.27. The Morgan fingerprint density at radius 1 is 1.71 bits per heavy atom. The maximum Gasteiger partial charge on any atom is 0.339 e. The molecule has 0 aliphatic heterocycles. The van der Waals surface area contributed by atoms with E-state index in [0.717, 1.165) is 0 Å². The Hall–Kier alpha value is -1.46. The lowest BCUT2D eigenvalue weighted by molar-refractivity contribution is 0.0600. The Bertz CT molecular complexity index is 310. The fourth-order valence-electron chi connectivity index (χ4n) is 0.957. The van der Waals surface area contributed by atoms with Crippen molar-refractivity contribution in [2.75, 3.05) is 13.7 Å². The number of carbonyl (C=O) groups excluding carboxylic acids is 1. The molecule has 0 fully saturated rings. The van der Waals surface area contributed by atoms with E-state index in [9.17, 15) is 4.79 Å². The van der Waals surface area contributed by atoms with Gasteiger partial charge in [0.15, 0.2) is 0 Å². The normalized spacial score (nSPS) is 12.2. The number of hydrogen-bond acceptors (Lipinski definition) is 5. The van der Waals surface area contributed by atoms with E-state index < -0.39 is 12.0 Å². The monoisotopic (exact) mass is 196 g/mol. The Balaban J connectivity index is 2.83. The van der Waals surface area contributed by atoms with Crippen LogP contribution in [0.1, 0.15) is 22.1 Å². The summed E-state index contributed by atoms with van der Waals surface area (Å²) in [5.41, 5.74) is 6.43. The van der Waals surface area contributed by atoms with Crippen molar-refractivity contribution in [3.63, 3.8) is 0 Å². The number of aliphatic hydroxyl groups excluding tert-OH is 1. The van der Waals surface area contributed by atoms with Gasteiger partial charge in [0.05, 0.1) is 31.0 Å². The Kier molecular flexibility index (Phi) is 3.55. The van der Waals surface area contributed by atoms with Gasteiger partial charge >= 0.3 is 5.97 Å². The highest BCUT2D eigenvalue weighted by Gasteiger charge is 2.08. The van der Waals surface area contributed by atoms with E-state index in [1.165, 1.54) is 13.3 Å². The van der Waals surface area contributed by atoms with Crippen molar-refractivity contribution in [2.24, 2.45) is 5.73 Å². The Morgan fingerprint density at radius 3 is 2.86 bits per heavy atom. The Morgan fingerprint density at radius 2 is 2.43 bits per heavy atom. The van der Waals surface area contributed by atoms with E-state index in [2.05, 4.69) is 9.72 Å². The van der Waals surface area contributed by atoms with Crippen LogP contribution in [0, 0.1) is 0 Å². The highest BCUT2D eigenvalue weighted by molar-refractivity contribution is 5.88. The van der Waals surface area contributed by atoms with Gasteiger partial charge in [0, 0.05) is 6.20 Å². The van der Waals surface area contributed by atoms with Crippen LogP contribution in [0.15, 0.2) is 18.3 Å². The second-order valence-electron chi connectivity index (χ2n) is 2.75. The van der Waals surface area contributed by atoms with E-state index in [0.29, 0.717) is 11.3 Å². The molecule has 0 aliphatic carbocycles. The second-order valence-corrected chi connectivity index (χ2v) is 2.75. The molecule has 14 heavy (non-hydrogen) atoms. The van der Waals surface area contributed by atoms with Crippen LogP contribution in [0.3, 0.4) is 0 Å². The predicted molar refractivity (Wildman–Crippen MR) is 49.6 cm³/mol. The molecule has 5 heteroatoms. The molecule has 0 amide bonds. The summed E-state index contributed by atoms with van der Waals surface area (Å²) in [6.07, 6.45) is 1.37. The van der Waals surface area contributed by atoms with Crippen molar-refractivity contribution in [3.05, 3.63) is 29.6 Å². The zero-order valence-corrected chi connectivity index (χ0v) is 7.80. The van der Waals surface area contributed by atoms with Crippen LogP contribution < -0.4 is 5.73 Å². The highest BCUT2D eigenvalue weighted by atomic mass is 16.5. The van der Waals surface area contributed by atoms with Crippen LogP contribution in [0.25, 0.3) is 0 Å². The molecule has 0 unspecified atom stereocenters. The molecule has 0 radical (unpaired) electrons. The number of ether oxygens (including phenoxy) is 1. The smallest absolute Gasteiger partial charge is 0.339 e. The van der Waals surface area contributed by atoms with E-state index in [1.54, 1.807) is 12.1 Å². The molecule has 1 rings (SSSR count). The molecule has 0 spiro atoms. The molecule has 3 N–H and O–H groups in total. The maximum absolute atomic E-state index is 11.0. The first-order chi connectivity index (χ1) is 6.69. The topological polar surface area (TPSA) is 85.4 Å². The summed E-state index contributed by atoms with van der Waals surface area (Å²) in [7, 11) is 1.30. The molecular weight excluding hydrogens is 184 g/mol. The molecule has 0 aromatic carbocycles. The molecule has 5 nitrogen and oxygen atoms in total. The van der Waals surface area contributed by atoms with Crippen LogP contribution in [0.5, 0.6) is 0 Å². The summed E-state index contributed by atoms with van der Waals surface area (Å²) < 4.78 is 4.50.